The Labute approximate surface area is 117 Å². The van der Waals surface area contributed by atoms with Gasteiger partial charge in [-0.3, -0.25) is 0 Å². The van der Waals surface area contributed by atoms with Crippen LogP contribution in [0, 0.1) is 0 Å². The topological polar surface area (TPSA) is 24.1 Å². The molecule has 0 aromatic carbocycles. The molecule has 1 fully saturated rings. The molecule has 0 saturated heterocycles. The van der Waals surface area contributed by atoms with Crippen LogP contribution in [0.4, 0.5) is 0 Å². The van der Waals surface area contributed by atoms with Gasteiger partial charge in [0.05, 0.1) is 8.84 Å². The van der Waals surface area contributed by atoms with Crippen LogP contribution in [-0.2, 0) is 0 Å². The molecule has 0 radical (unpaired) electrons. The molecular weight excluding hydrogens is 296 g/mol. The second-order valence-corrected chi connectivity index (χ2v) is 6.37. The Hall–Kier alpha value is -0.190. The van der Waals surface area contributed by atoms with Gasteiger partial charge in [0.2, 0.25) is 0 Å². The van der Waals surface area contributed by atoms with Gasteiger partial charge < -0.3 is 10.6 Å². The van der Waals surface area contributed by atoms with Crippen molar-refractivity contribution in [2.75, 3.05) is 13.6 Å². The van der Waals surface area contributed by atoms with Gasteiger partial charge in [-0.25, -0.2) is 0 Å². The average molecular weight is 317 g/mol. The summed E-state index contributed by atoms with van der Waals surface area (Å²) in [4.78, 5) is 0. The molecule has 0 bridgehead atoms. The molecule has 1 aliphatic carbocycles. The Morgan fingerprint density at radius 2 is 2.18 bits per heavy atom. The average Bonchev–Trinajstić information content (AvgIpc) is 3.12. The molecule has 0 aliphatic heterocycles. The molecule has 2 N–H and O–H groups in total. The number of hydrogen-bond donors (Lipinski definition) is 2. The van der Waals surface area contributed by atoms with Crippen LogP contribution in [0.15, 0.2) is 32.3 Å². The maximum atomic E-state index is 3.55. The fourth-order valence-corrected chi connectivity index (χ4v) is 2.69. The maximum absolute atomic E-state index is 3.55. The number of hydrogen-bond acceptors (Lipinski definition) is 3. The van der Waals surface area contributed by atoms with Crippen molar-refractivity contribution < 1.29 is 0 Å². The third kappa shape index (κ3) is 5.80. The normalized spacial score (nSPS) is 16.1. The third-order valence-electron chi connectivity index (χ3n) is 2.38. The molecule has 0 amide bonds. The fourth-order valence-electron chi connectivity index (χ4n) is 1.41. The predicted octanol–water partition coefficient (Wildman–Crippen LogP) is 4.08. The van der Waals surface area contributed by atoms with Gasteiger partial charge in [-0.2, -0.15) is 0 Å². The molecule has 2 nitrogen and oxygen atoms in total. The van der Waals surface area contributed by atoms with Crippen molar-refractivity contribution in [2.45, 2.75) is 33.1 Å². The van der Waals surface area contributed by atoms with E-state index < -0.39 is 0 Å². The summed E-state index contributed by atoms with van der Waals surface area (Å²) in [6.07, 6.45) is 7.84. The summed E-state index contributed by atoms with van der Waals surface area (Å²) in [5.41, 5.74) is 2.90. The first-order valence-electron chi connectivity index (χ1n) is 6.03. The highest BCUT2D eigenvalue weighted by molar-refractivity contribution is 9.14. The highest BCUT2D eigenvalue weighted by Crippen LogP contribution is 2.33. The molecule has 1 aliphatic rings. The van der Waals surface area contributed by atoms with E-state index in [9.17, 15) is 0 Å². The Balaban J connectivity index is 2.66. The van der Waals surface area contributed by atoms with Crippen molar-refractivity contribution >= 4 is 27.7 Å². The van der Waals surface area contributed by atoms with Crippen molar-refractivity contribution in [3.63, 3.8) is 0 Å². The molecule has 0 aromatic rings. The van der Waals surface area contributed by atoms with Crippen LogP contribution < -0.4 is 10.6 Å². The van der Waals surface area contributed by atoms with Crippen molar-refractivity contribution in [1.82, 2.24) is 10.6 Å². The highest BCUT2D eigenvalue weighted by atomic mass is 79.9. The molecule has 1 rings (SSSR count). The van der Waals surface area contributed by atoms with Gasteiger partial charge in [-0.1, -0.05) is 30.8 Å². The zero-order valence-corrected chi connectivity index (χ0v) is 13.2. The lowest BCUT2D eigenvalue weighted by atomic mass is 10.3. The SMILES string of the molecule is C/C=C(/Br)S/C(=C/CC)NC(CNC)=C1CC1. The standard InChI is InChI=1S/C13H21BrN2S/c1-4-6-13(17-12(14)5-2)16-11(9-15-3)10-7-8-10/h5-6,15-16H,4,7-9H2,1-3H3/b12-5-,13-6+. The first-order chi connectivity index (χ1) is 8.21. The van der Waals surface area contributed by atoms with Gasteiger partial charge in [0.1, 0.15) is 0 Å². The zero-order valence-electron chi connectivity index (χ0n) is 10.8. The summed E-state index contributed by atoms with van der Waals surface area (Å²) >= 11 is 5.28. The van der Waals surface area contributed by atoms with Crippen LogP contribution in [0.3, 0.4) is 0 Å². The van der Waals surface area contributed by atoms with Gasteiger partial charge in [0.25, 0.3) is 0 Å². The molecule has 0 heterocycles. The summed E-state index contributed by atoms with van der Waals surface area (Å²) in [6.45, 7) is 5.12. The van der Waals surface area contributed by atoms with Crippen LogP contribution in [0.2, 0.25) is 0 Å². The minimum Gasteiger partial charge on any atom is -0.353 e. The van der Waals surface area contributed by atoms with E-state index in [0.717, 1.165) is 16.8 Å². The Morgan fingerprint density at radius 1 is 1.47 bits per heavy atom. The van der Waals surface area contributed by atoms with Gasteiger partial charge in [-0.15, -0.1) is 0 Å². The number of allylic oxidation sites excluding steroid dienone is 3. The van der Waals surface area contributed by atoms with E-state index in [1.54, 1.807) is 17.3 Å². The van der Waals surface area contributed by atoms with E-state index in [2.05, 4.69) is 45.6 Å². The first-order valence-corrected chi connectivity index (χ1v) is 7.64. The number of nitrogens with one attached hydrogen (secondary N) is 2. The first kappa shape index (κ1) is 14.9. The van der Waals surface area contributed by atoms with Crippen molar-refractivity contribution in [3.05, 3.63) is 32.3 Å². The zero-order chi connectivity index (χ0) is 12.7. The molecule has 96 valence electrons. The minimum atomic E-state index is 0.921. The summed E-state index contributed by atoms with van der Waals surface area (Å²) in [5.74, 6) is 0. The van der Waals surface area contributed by atoms with Gasteiger partial charge in [0.15, 0.2) is 0 Å². The van der Waals surface area contributed by atoms with E-state index >= 15 is 0 Å². The summed E-state index contributed by atoms with van der Waals surface area (Å²) in [5, 5.41) is 7.98. The quantitative estimate of drug-likeness (QED) is 0.740. The second kappa shape index (κ2) is 8.01. The molecule has 0 spiro atoms. The number of halogens is 1. The molecule has 1 saturated carbocycles. The summed E-state index contributed by atoms with van der Waals surface area (Å²) in [7, 11) is 1.99. The van der Waals surface area contributed by atoms with Crippen LogP contribution >= 0.6 is 27.7 Å². The van der Waals surface area contributed by atoms with Gasteiger partial charge in [-0.05, 0) is 54.7 Å². The highest BCUT2D eigenvalue weighted by Gasteiger charge is 2.18. The van der Waals surface area contributed by atoms with E-state index in [1.807, 2.05) is 14.0 Å². The van der Waals surface area contributed by atoms with Crippen LogP contribution in [0.5, 0.6) is 0 Å². The van der Waals surface area contributed by atoms with E-state index in [1.165, 1.54) is 23.6 Å². The molecule has 0 atom stereocenters. The fraction of sp³-hybridized carbons (Fsp3) is 0.538. The predicted molar refractivity (Wildman–Crippen MR) is 82.0 cm³/mol. The Morgan fingerprint density at radius 3 is 2.65 bits per heavy atom. The minimum absolute atomic E-state index is 0.921. The Bertz CT molecular complexity index is 339. The summed E-state index contributed by atoms with van der Waals surface area (Å²) in [6, 6.07) is 0. The van der Waals surface area contributed by atoms with E-state index in [-0.39, 0.29) is 0 Å². The lowest BCUT2D eigenvalue weighted by Crippen LogP contribution is -2.21. The largest absolute Gasteiger partial charge is 0.353 e. The Kier molecular flexibility index (Phi) is 7.00. The molecule has 0 unspecified atom stereocenters. The number of thioether (sulfide) groups is 1. The van der Waals surface area contributed by atoms with Crippen molar-refractivity contribution in [1.29, 1.82) is 0 Å². The molecule has 4 heteroatoms. The van der Waals surface area contributed by atoms with Gasteiger partial charge in [0, 0.05) is 12.2 Å². The van der Waals surface area contributed by atoms with Crippen LogP contribution in [-0.4, -0.2) is 13.6 Å². The third-order valence-corrected chi connectivity index (χ3v) is 4.24. The lowest BCUT2D eigenvalue weighted by molar-refractivity contribution is 0.818. The molecular formula is C13H21BrN2S. The summed E-state index contributed by atoms with van der Waals surface area (Å²) < 4.78 is 1.15. The second-order valence-electron chi connectivity index (χ2n) is 3.91. The molecule has 0 aromatic heterocycles. The molecule has 17 heavy (non-hydrogen) atoms. The van der Waals surface area contributed by atoms with Crippen molar-refractivity contribution in [2.24, 2.45) is 0 Å². The van der Waals surface area contributed by atoms with Crippen molar-refractivity contribution in [3.8, 4) is 0 Å². The smallest absolute Gasteiger partial charge is 0.0736 e. The van der Waals surface area contributed by atoms with E-state index in [0.29, 0.717) is 0 Å². The number of rotatable bonds is 7. The van der Waals surface area contributed by atoms with Gasteiger partial charge >= 0.3 is 0 Å². The maximum Gasteiger partial charge on any atom is 0.0736 e. The van der Waals surface area contributed by atoms with Crippen LogP contribution in [0.1, 0.15) is 33.1 Å². The number of likely N-dealkylation sites (N-methyl/N-ethyl adjacent to an activating group) is 1. The lowest BCUT2D eigenvalue weighted by Gasteiger charge is -2.13. The van der Waals surface area contributed by atoms with Crippen LogP contribution in [0.25, 0.3) is 0 Å². The monoisotopic (exact) mass is 316 g/mol. The van der Waals surface area contributed by atoms with E-state index in [4.69, 9.17) is 0 Å².